The highest BCUT2D eigenvalue weighted by Gasteiger charge is 2.40. The summed E-state index contributed by atoms with van der Waals surface area (Å²) in [4.78, 5) is 12.8. The molecule has 0 aromatic heterocycles. The smallest absolute Gasteiger partial charge is 0.229 e. The van der Waals surface area contributed by atoms with Gasteiger partial charge in [-0.15, -0.1) is 0 Å². The Morgan fingerprint density at radius 1 is 0.923 bits per heavy atom. The topological polar surface area (TPSA) is 185 Å². The molecule has 8 atom stereocenters. The van der Waals surface area contributed by atoms with Crippen molar-refractivity contribution in [1.29, 1.82) is 0 Å². The van der Waals surface area contributed by atoms with E-state index in [1.807, 2.05) is 6.92 Å². The quantitative estimate of drug-likeness (QED) is 0.287. The minimum atomic E-state index is -1.42. The van der Waals surface area contributed by atoms with Crippen molar-refractivity contribution in [2.45, 2.75) is 81.8 Å². The first kappa shape index (κ1) is 27.4. The molecule has 6 N–H and O–H groups in total. The summed E-state index contributed by atoms with van der Waals surface area (Å²) in [5, 5.41) is 61.0. The Labute approximate surface area is 223 Å². The van der Waals surface area contributed by atoms with Gasteiger partial charge in [-0.2, -0.15) is 0 Å². The van der Waals surface area contributed by atoms with E-state index in [0.29, 0.717) is 18.4 Å². The molecule has 3 heterocycles. The minimum Gasteiger partial charge on any atom is -0.507 e. The molecule has 8 unspecified atom stereocenters. The second kappa shape index (κ2) is 11.2. The highest BCUT2D eigenvalue weighted by molar-refractivity contribution is 6.02. The maximum atomic E-state index is 12.8. The first-order valence-corrected chi connectivity index (χ1v) is 12.8. The van der Waals surface area contributed by atoms with Crippen molar-refractivity contribution >= 4 is 5.78 Å². The standard InChI is InChI=1S/C27H32O12/c1-12-2-4-17(29)26(36-12)35-11-15-8-21(33)25(34)27(38-15)37-14-7-19(31)24-20(32)10-22(39-23(24)9-14)13-3-5-16(28)18(30)6-13/h3,5-7,9,12,15,17,21-22,25-31,33-34H,2,4,8,10-11H2,1H3. The van der Waals surface area contributed by atoms with Crippen LogP contribution in [0.1, 0.15) is 54.6 Å². The Morgan fingerprint density at radius 3 is 2.49 bits per heavy atom. The maximum absolute atomic E-state index is 12.8. The molecule has 2 aromatic rings. The Hall–Kier alpha value is -3.13. The second-order valence-electron chi connectivity index (χ2n) is 10.1. The molecule has 3 aliphatic heterocycles. The number of fused-ring (bicyclic) bond motifs is 1. The Bertz CT molecular complexity index is 1200. The molecule has 212 valence electrons. The maximum Gasteiger partial charge on any atom is 0.229 e. The van der Waals surface area contributed by atoms with Crippen LogP contribution in [0.15, 0.2) is 30.3 Å². The zero-order chi connectivity index (χ0) is 27.8. The third-order valence-corrected chi connectivity index (χ3v) is 7.10. The lowest BCUT2D eigenvalue weighted by Crippen LogP contribution is -2.52. The number of carbonyl (C=O) groups excluding carboxylic acids is 1. The molecule has 0 radical (unpaired) electrons. The molecule has 0 saturated carbocycles. The molecule has 2 aromatic carbocycles. The Balaban J connectivity index is 1.29. The summed E-state index contributed by atoms with van der Waals surface area (Å²) in [7, 11) is 0. The zero-order valence-electron chi connectivity index (χ0n) is 21.2. The fourth-order valence-electron chi connectivity index (χ4n) is 4.95. The van der Waals surface area contributed by atoms with Gasteiger partial charge in [0.05, 0.1) is 31.3 Å². The van der Waals surface area contributed by atoms with Crippen LogP contribution in [0.2, 0.25) is 0 Å². The first-order valence-electron chi connectivity index (χ1n) is 12.8. The van der Waals surface area contributed by atoms with Crippen LogP contribution in [0.5, 0.6) is 28.7 Å². The largest absolute Gasteiger partial charge is 0.507 e. The number of aromatic hydroxyl groups is 3. The van der Waals surface area contributed by atoms with Crippen molar-refractivity contribution in [1.82, 2.24) is 0 Å². The SMILES string of the molecule is CC1CCC(O)C(OCC2CC(O)C(O)C(Oc3cc(O)c4c(c3)OC(c3ccc(O)c(O)c3)CC4=O)O2)O1. The summed E-state index contributed by atoms with van der Waals surface area (Å²) >= 11 is 0. The van der Waals surface area contributed by atoms with Gasteiger partial charge in [0, 0.05) is 18.6 Å². The van der Waals surface area contributed by atoms with Gasteiger partial charge in [0.15, 0.2) is 23.6 Å². The van der Waals surface area contributed by atoms with Crippen LogP contribution in [0, 0.1) is 0 Å². The fraction of sp³-hybridized carbons (Fsp3) is 0.519. The molecule has 12 heteroatoms. The number of ketones is 1. The summed E-state index contributed by atoms with van der Waals surface area (Å²) in [6.07, 6.45) is -5.99. The highest BCUT2D eigenvalue weighted by atomic mass is 16.7. The number of carbonyl (C=O) groups is 1. The van der Waals surface area contributed by atoms with Crippen molar-refractivity contribution in [2.75, 3.05) is 6.61 Å². The van der Waals surface area contributed by atoms with E-state index >= 15 is 0 Å². The molecule has 5 rings (SSSR count). The molecular weight excluding hydrogens is 516 g/mol. The van der Waals surface area contributed by atoms with Crippen LogP contribution in [0.4, 0.5) is 0 Å². The van der Waals surface area contributed by atoms with Crippen LogP contribution < -0.4 is 9.47 Å². The summed E-state index contributed by atoms with van der Waals surface area (Å²) in [6.45, 7) is 1.84. The lowest BCUT2D eigenvalue weighted by Gasteiger charge is -2.38. The number of Topliss-reactive ketones (excluding diaryl/α,β-unsaturated/α-hetero) is 1. The summed E-state index contributed by atoms with van der Waals surface area (Å²) in [5.41, 5.74) is 0.395. The number of phenols is 3. The van der Waals surface area contributed by atoms with Gasteiger partial charge in [-0.05, 0) is 37.5 Å². The van der Waals surface area contributed by atoms with Crippen LogP contribution in [0.25, 0.3) is 0 Å². The minimum absolute atomic E-state index is 0.00549. The molecule has 39 heavy (non-hydrogen) atoms. The second-order valence-corrected chi connectivity index (χ2v) is 10.1. The number of ether oxygens (including phenoxy) is 5. The van der Waals surface area contributed by atoms with E-state index < -0.39 is 54.6 Å². The van der Waals surface area contributed by atoms with E-state index in [9.17, 15) is 35.4 Å². The van der Waals surface area contributed by atoms with Crippen molar-refractivity contribution < 1.29 is 59.1 Å². The Morgan fingerprint density at radius 2 is 1.72 bits per heavy atom. The van der Waals surface area contributed by atoms with Gasteiger partial charge in [-0.3, -0.25) is 4.79 Å². The summed E-state index contributed by atoms with van der Waals surface area (Å²) in [6, 6.07) is 6.61. The lowest BCUT2D eigenvalue weighted by atomic mass is 9.95. The number of benzene rings is 2. The van der Waals surface area contributed by atoms with E-state index in [0.717, 1.165) is 0 Å². The summed E-state index contributed by atoms with van der Waals surface area (Å²) in [5.74, 6) is -1.46. The van der Waals surface area contributed by atoms with Gasteiger partial charge >= 0.3 is 0 Å². The van der Waals surface area contributed by atoms with Crippen LogP contribution in [-0.4, -0.2) is 86.1 Å². The van der Waals surface area contributed by atoms with Gasteiger partial charge < -0.3 is 54.3 Å². The van der Waals surface area contributed by atoms with Gasteiger partial charge in [0.25, 0.3) is 0 Å². The number of hydrogen-bond acceptors (Lipinski definition) is 12. The normalized spacial score (nSPS) is 32.8. The molecule has 2 saturated heterocycles. The van der Waals surface area contributed by atoms with Crippen molar-refractivity contribution in [3.05, 3.63) is 41.5 Å². The number of aliphatic hydroxyl groups is 3. The highest BCUT2D eigenvalue weighted by Crippen LogP contribution is 2.43. The van der Waals surface area contributed by atoms with Crippen LogP contribution >= 0.6 is 0 Å². The van der Waals surface area contributed by atoms with E-state index in [4.69, 9.17) is 23.7 Å². The average Bonchev–Trinajstić information content (AvgIpc) is 2.88. The van der Waals surface area contributed by atoms with Crippen molar-refractivity contribution in [2.24, 2.45) is 0 Å². The first-order chi connectivity index (χ1) is 18.6. The number of phenolic OH excluding ortho intramolecular Hbond substituents is 3. The predicted octanol–water partition coefficient (Wildman–Crippen LogP) is 1.63. The molecule has 12 nitrogen and oxygen atoms in total. The molecule has 0 bridgehead atoms. The van der Waals surface area contributed by atoms with E-state index in [2.05, 4.69) is 0 Å². The molecule has 0 spiro atoms. The lowest BCUT2D eigenvalue weighted by molar-refractivity contribution is -0.276. The van der Waals surface area contributed by atoms with Gasteiger partial charge in [-0.1, -0.05) is 6.07 Å². The van der Waals surface area contributed by atoms with Crippen LogP contribution in [0.3, 0.4) is 0 Å². The Kier molecular flexibility index (Phi) is 7.85. The van der Waals surface area contributed by atoms with Gasteiger partial charge in [0.1, 0.15) is 41.1 Å². The van der Waals surface area contributed by atoms with Gasteiger partial charge in [-0.25, -0.2) is 0 Å². The third-order valence-electron chi connectivity index (χ3n) is 7.10. The number of rotatable bonds is 6. The molecule has 0 amide bonds. The van der Waals surface area contributed by atoms with Crippen LogP contribution in [-0.2, 0) is 14.2 Å². The summed E-state index contributed by atoms with van der Waals surface area (Å²) < 4.78 is 28.8. The fourth-order valence-corrected chi connectivity index (χ4v) is 4.95. The number of aliphatic hydroxyl groups excluding tert-OH is 3. The van der Waals surface area contributed by atoms with E-state index in [1.54, 1.807) is 0 Å². The van der Waals surface area contributed by atoms with E-state index in [-0.39, 0.29) is 54.1 Å². The molecular formula is C27H32O12. The van der Waals surface area contributed by atoms with Crippen molar-refractivity contribution in [3.63, 3.8) is 0 Å². The molecule has 0 aliphatic carbocycles. The average molecular weight is 549 g/mol. The van der Waals surface area contributed by atoms with Gasteiger partial charge in [0.2, 0.25) is 6.29 Å². The number of hydrogen-bond donors (Lipinski definition) is 6. The monoisotopic (exact) mass is 548 g/mol. The third kappa shape index (κ3) is 5.91. The van der Waals surface area contributed by atoms with E-state index in [1.165, 1.54) is 30.3 Å². The molecule has 3 aliphatic rings. The predicted molar refractivity (Wildman–Crippen MR) is 132 cm³/mol. The zero-order valence-corrected chi connectivity index (χ0v) is 21.2. The molecule has 2 fully saturated rings. The van der Waals surface area contributed by atoms with Crippen molar-refractivity contribution in [3.8, 4) is 28.7 Å².